The number of hydrogen-bond donors (Lipinski definition) is 0. The summed E-state index contributed by atoms with van der Waals surface area (Å²) in [5.41, 5.74) is 0.369. The molecule has 0 fully saturated rings. The first kappa shape index (κ1) is 9.74. The summed E-state index contributed by atoms with van der Waals surface area (Å²) >= 11 is 0. The van der Waals surface area contributed by atoms with Gasteiger partial charge in [0.15, 0.2) is 0 Å². The van der Waals surface area contributed by atoms with E-state index in [0.29, 0.717) is 5.41 Å². The molecule has 0 atom stereocenters. The summed E-state index contributed by atoms with van der Waals surface area (Å²) in [6.07, 6.45) is 8.46. The Labute approximate surface area is 65.3 Å². The van der Waals surface area contributed by atoms with Crippen molar-refractivity contribution < 1.29 is 0 Å². The van der Waals surface area contributed by atoms with E-state index < -0.39 is 0 Å². The van der Waals surface area contributed by atoms with Gasteiger partial charge in [0.25, 0.3) is 0 Å². The molecule has 0 nitrogen and oxygen atoms in total. The second-order valence-electron chi connectivity index (χ2n) is 3.91. The molecule has 0 aliphatic rings. The Morgan fingerprint density at radius 1 is 1.20 bits per heavy atom. The fraction of sp³-hybridized carbons (Fsp3) is 0.800. The van der Waals surface area contributed by atoms with Crippen LogP contribution in [0.1, 0.15) is 47.0 Å². The van der Waals surface area contributed by atoms with Crippen molar-refractivity contribution in [1.29, 1.82) is 0 Å². The van der Waals surface area contributed by atoms with Crippen LogP contribution in [-0.4, -0.2) is 0 Å². The first-order valence-electron chi connectivity index (χ1n) is 4.24. The van der Waals surface area contributed by atoms with Crippen LogP contribution in [0.4, 0.5) is 0 Å². The molecule has 60 valence electrons. The van der Waals surface area contributed by atoms with Crippen molar-refractivity contribution >= 4 is 0 Å². The Morgan fingerprint density at radius 3 is 2.20 bits per heavy atom. The topological polar surface area (TPSA) is 0 Å². The highest BCUT2D eigenvalue weighted by atomic mass is 14.1. The minimum atomic E-state index is 0.369. The molecule has 0 radical (unpaired) electrons. The zero-order chi connectivity index (χ0) is 8.04. The van der Waals surface area contributed by atoms with Gasteiger partial charge in [-0.25, -0.2) is 0 Å². The number of hydrogen-bond acceptors (Lipinski definition) is 0. The Morgan fingerprint density at radius 2 is 1.80 bits per heavy atom. The van der Waals surface area contributed by atoms with Gasteiger partial charge in [0.2, 0.25) is 0 Å². The van der Waals surface area contributed by atoms with Crippen molar-refractivity contribution in [3.63, 3.8) is 0 Å². The number of rotatable bonds is 3. The molecule has 0 aromatic rings. The van der Waals surface area contributed by atoms with Gasteiger partial charge in [0.1, 0.15) is 0 Å². The van der Waals surface area contributed by atoms with Crippen molar-refractivity contribution in [3.8, 4) is 0 Å². The molecule has 0 aliphatic heterocycles. The Hall–Kier alpha value is -0.260. The summed E-state index contributed by atoms with van der Waals surface area (Å²) in [5, 5.41) is 0. The predicted molar refractivity (Wildman–Crippen MR) is 48.1 cm³/mol. The molecular weight excluding hydrogens is 120 g/mol. The van der Waals surface area contributed by atoms with E-state index in [2.05, 4.69) is 39.8 Å². The largest absolute Gasteiger partial charge is 0.0880 e. The molecular formula is C10H20. The third-order valence-corrected chi connectivity index (χ3v) is 1.34. The summed E-state index contributed by atoms with van der Waals surface area (Å²) in [6, 6.07) is 0. The summed E-state index contributed by atoms with van der Waals surface area (Å²) in [5.74, 6) is 0. The molecule has 0 heterocycles. The second-order valence-corrected chi connectivity index (χ2v) is 3.91. The lowest BCUT2D eigenvalue weighted by Gasteiger charge is -2.10. The van der Waals surface area contributed by atoms with E-state index in [0.717, 1.165) is 0 Å². The van der Waals surface area contributed by atoms with Gasteiger partial charge in [-0.1, -0.05) is 52.7 Å². The van der Waals surface area contributed by atoms with Crippen LogP contribution in [0.5, 0.6) is 0 Å². The standard InChI is InChI=1S/C10H20/c1-5-6-7-8-9-10(2,3)4/h8-9H,5-7H2,1-4H3. The first-order valence-corrected chi connectivity index (χ1v) is 4.24. The smallest absolute Gasteiger partial charge is 0.0203 e. The maximum atomic E-state index is 2.30. The molecule has 0 aromatic heterocycles. The van der Waals surface area contributed by atoms with E-state index in [4.69, 9.17) is 0 Å². The van der Waals surface area contributed by atoms with Crippen LogP contribution in [0.3, 0.4) is 0 Å². The van der Waals surface area contributed by atoms with E-state index >= 15 is 0 Å². The zero-order valence-corrected chi connectivity index (χ0v) is 7.78. The Bertz CT molecular complexity index is 93.1. The van der Waals surface area contributed by atoms with Crippen molar-refractivity contribution in [2.24, 2.45) is 5.41 Å². The summed E-state index contributed by atoms with van der Waals surface area (Å²) in [4.78, 5) is 0. The van der Waals surface area contributed by atoms with Crippen LogP contribution in [0.25, 0.3) is 0 Å². The Kier molecular flexibility index (Phi) is 4.42. The second kappa shape index (κ2) is 4.54. The van der Waals surface area contributed by atoms with Crippen LogP contribution < -0.4 is 0 Å². The van der Waals surface area contributed by atoms with Gasteiger partial charge < -0.3 is 0 Å². The molecule has 0 aliphatic carbocycles. The van der Waals surface area contributed by atoms with E-state index in [1.54, 1.807) is 0 Å². The Balaban J connectivity index is 3.37. The molecule has 0 saturated heterocycles. The average molecular weight is 140 g/mol. The lowest BCUT2D eigenvalue weighted by atomic mass is 9.96. The van der Waals surface area contributed by atoms with Crippen molar-refractivity contribution in [2.45, 2.75) is 47.0 Å². The molecule has 10 heavy (non-hydrogen) atoms. The van der Waals surface area contributed by atoms with Gasteiger partial charge in [-0.05, 0) is 11.8 Å². The average Bonchev–Trinajstić information content (AvgIpc) is 1.78. The van der Waals surface area contributed by atoms with Crippen molar-refractivity contribution in [1.82, 2.24) is 0 Å². The fourth-order valence-corrected chi connectivity index (χ4v) is 0.759. The molecule has 0 spiro atoms. The summed E-state index contributed by atoms with van der Waals surface area (Å²) in [7, 11) is 0. The molecule has 0 bridgehead atoms. The molecule has 0 unspecified atom stereocenters. The van der Waals surface area contributed by atoms with Crippen LogP contribution in [0, 0.1) is 5.41 Å². The highest BCUT2D eigenvalue weighted by Gasteiger charge is 2.01. The normalized spacial score (nSPS) is 12.8. The third kappa shape index (κ3) is 7.74. The lowest BCUT2D eigenvalue weighted by molar-refractivity contribution is 0.541. The number of unbranched alkanes of at least 4 members (excludes halogenated alkanes) is 2. The highest BCUT2D eigenvalue weighted by molar-refractivity contribution is 4.91. The fourth-order valence-electron chi connectivity index (χ4n) is 0.759. The maximum absolute atomic E-state index is 2.30. The molecule has 0 aromatic carbocycles. The van der Waals surface area contributed by atoms with Gasteiger partial charge in [-0.15, -0.1) is 0 Å². The molecule has 0 amide bonds. The minimum Gasteiger partial charge on any atom is -0.0880 e. The van der Waals surface area contributed by atoms with Gasteiger partial charge >= 0.3 is 0 Å². The number of allylic oxidation sites excluding steroid dienone is 2. The zero-order valence-electron chi connectivity index (χ0n) is 7.78. The quantitative estimate of drug-likeness (QED) is 0.413. The monoisotopic (exact) mass is 140 g/mol. The van der Waals surface area contributed by atoms with E-state index in [1.165, 1.54) is 19.3 Å². The van der Waals surface area contributed by atoms with Crippen LogP contribution in [0.2, 0.25) is 0 Å². The van der Waals surface area contributed by atoms with Crippen LogP contribution in [0.15, 0.2) is 12.2 Å². The lowest BCUT2D eigenvalue weighted by Crippen LogP contribution is -1.97. The summed E-state index contributed by atoms with van der Waals surface area (Å²) in [6.45, 7) is 8.92. The van der Waals surface area contributed by atoms with E-state index in [1.807, 2.05) is 0 Å². The summed E-state index contributed by atoms with van der Waals surface area (Å²) < 4.78 is 0. The SMILES string of the molecule is CCCCC=CC(C)(C)C. The van der Waals surface area contributed by atoms with E-state index in [-0.39, 0.29) is 0 Å². The van der Waals surface area contributed by atoms with Gasteiger partial charge in [-0.3, -0.25) is 0 Å². The third-order valence-electron chi connectivity index (χ3n) is 1.34. The van der Waals surface area contributed by atoms with E-state index in [9.17, 15) is 0 Å². The maximum Gasteiger partial charge on any atom is -0.0203 e. The van der Waals surface area contributed by atoms with Gasteiger partial charge in [0.05, 0.1) is 0 Å². The van der Waals surface area contributed by atoms with Gasteiger partial charge in [-0.2, -0.15) is 0 Å². The highest BCUT2D eigenvalue weighted by Crippen LogP contribution is 2.15. The van der Waals surface area contributed by atoms with Crippen LogP contribution in [-0.2, 0) is 0 Å². The van der Waals surface area contributed by atoms with Crippen molar-refractivity contribution in [3.05, 3.63) is 12.2 Å². The molecule has 0 heteroatoms. The molecule has 0 N–H and O–H groups in total. The minimum absolute atomic E-state index is 0.369. The predicted octanol–water partition coefficient (Wildman–Crippen LogP) is 3.78. The van der Waals surface area contributed by atoms with Crippen LogP contribution >= 0.6 is 0 Å². The molecule has 0 rings (SSSR count). The van der Waals surface area contributed by atoms with Gasteiger partial charge in [0, 0.05) is 0 Å². The van der Waals surface area contributed by atoms with Crippen molar-refractivity contribution in [2.75, 3.05) is 0 Å². The first-order chi connectivity index (χ1) is 4.56. The molecule has 0 saturated carbocycles.